The zero-order valence-electron chi connectivity index (χ0n) is 12.1. The fraction of sp³-hybridized carbons (Fsp3) is 0.625. The van der Waals surface area contributed by atoms with Gasteiger partial charge in [-0.25, -0.2) is 0 Å². The van der Waals surface area contributed by atoms with Crippen molar-refractivity contribution in [2.24, 2.45) is 11.8 Å². The molecule has 1 aliphatic rings. The third-order valence-electron chi connectivity index (χ3n) is 4.02. The Hall–Kier alpha value is -0.890. The molecule has 3 atom stereocenters. The van der Waals surface area contributed by atoms with Gasteiger partial charge in [-0.15, -0.1) is 0 Å². The zero-order valence-corrected chi connectivity index (χ0v) is 12.8. The van der Waals surface area contributed by atoms with Crippen LogP contribution in [0.15, 0.2) is 18.2 Å². The lowest BCUT2D eigenvalue weighted by Gasteiger charge is -2.33. The van der Waals surface area contributed by atoms with E-state index in [2.05, 4.69) is 25.2 Å². The molecular formula is C16H24ClNO. The molecule has 0 saturated heterocycles. The van der Waals surface area contributed by atoms with E-state index in [1.54, 1.807) is 0 Å². The second-order valence-corrected chi connectivity index (χ2v) is 6.13. The highest BCUT2D eigenvalue weighted by atomic mass is 35.5. The van der Waals surface area contributed by atoms with Crippen LogP contribution in [0.3, 0.4) is 0 Å². The molecule has 0 aliphatic heterocycles. The molecule has 1 N–H and O–H groups in total. The molecule has 19 heavy (non-hydrogen) atoms. The Bertz CT molecular complexity index is 421. The van der Waals surface area contributed by atoms with E-state index >= 15 is 0 Å². The Labute approximate surface area is 121 Å². The molecule has 0 bridgehead atoms. The number of rotatable bonds is 4. The zero-order chi connectivity index (χ0) is 13.8. The summed E-state index contributed by atoms with van der Waals surface area (Å²) in [6, 6.07) is 6.54. The molecule has 1 aromatic carbocycles. The van der Waals surface area contributed by atoms with Crippen molar-refractivity contribution in [1.82, 2.24) is 0 Å². The average molecular weight is 282 g/mol. The van der Waals surface area contributed by atoms with E-state index in [1.807, 2.05) is 19.1 Å². The molecule has 1 saturated carbocycles. The maximum absolute atomic E-state index is 6.22. The van der Waals surface area contributed by atoms with E-state index in [4.69, 9.17) is 16.3 Å². The quantitative estimate of drug-likeness (QED) is 0.841. The lowest BCUT2D eigenvalue weighted by Crippen LogP contribution is -2.32. The molecule has 3 heteroatoms. The Morgan fingerprint density at radius 2 is 2.11 bits per heavy atom. The first kappa shape index (κ1) is 14.5. The fourth-order valence-electron chi connectivity index (χ4n) is 2.96. The van der Waals surface area contributed by atoms with E-state index in [-0.39, 0.29) is 0 Å². The Morgan fingerprint density at radius 3 is 2.74 bits per heavy atom. The van der Waals surface area contributed by atoms with Crippen molar-refractivity contribution in [3.8, 4) is 5.75 Å². The predicted molar refractivity (Wildman–Crippen MR) is 82.2 cm³/mol. The van der Waals surface area contributed by atoms with Crippen LogP contribution in [0.25, 0.3) is 0 Å². The van der Waals surface area contributed by atoms with Gasteiger partial charge in [0, 0.05) is 11.7 Å². The molecule has 1 fully saturated rings. The largest absolute Gasteiger partial charge is 0.492 e. The van der Waals surface area contributed by atoms with Crippen molar-refractivity contribution in [3.05, 3.63) is 23.2 Å². The van der Waals surface area contributed by atoms with Gasteiger partial charge in [-0.05, 0) is 56.2 Å². The second-order valence-electron chi connectivity index (χ2n) is 5.72. The van der Waals surface area contributed by atoms with Gasteiger partial charge in [0.05, 0.1) is 11.6 Å². The van der Waals surface area contributed by atoms with Gasteiger partial charge in [-0.2, -0.15) is 0 Å². The Kier molecular flexibility index (Phi) is 4.98. The predicted octanol–water partition coefficient (Wildman–Crippen LogP) is 4.98. The van der Waals surface area contributed by atoms with Crippen molar-refractivity contribution >= 4 is 17.3 Å². The minimum atomic E-state index is 0.560. The molecule has 2 rings (SSSR count). The average Bonchev–Trinajstić information content (AvgIpc) is 2.36. The second kappa shape index (κ2) is 6.51. The van der Waals surface area contributed by atoms with Crippen LogP contribution in [0.4, 0.5) is 5.69 Å². The van der Waals surface area contributed by atoms with Crippen LogP contribution in [0, 0.1) is 11.8 Å². The molecular weight excluding hydrogens is 258 g/mol. The van der Waals surface area contributed by atoms with Crippen LogP contribution in [-0.2, 0) is 0 Å². The van der Waals surface area contributed by atoms with Crippen molar-refractivity contribution < 1.29 is 4.74 Å². The monoisotopic (exact) mass is 281 g/mol. The molecule has 1 aromatic rings. The maximum atomic E-state index is 6.22. The van der Waals surface area contributed by atoms with Gasteiger partial charge in [-0.1, -0.05) is 25.4 Å². The summed E-state index contributed by atoms with van der Waals surface area (Å²) in [4.78, 5) is 0. The summed E-state index contributed by atoms with van der Waals surface area (Å²) in [7, 11) is 0. The molecule has 3 unspecified atom stereocenters. The Morgan fingerprint density at radius 1 is 1.32 bits per heavy atom. The number of benzene rings is 1. The van der Waals surface area contributed by atoms with Gasteiger partial charge in [0.2, 0.25) is 0 Å². The highest BCUT2D eigenvalue weighted by molar-refractivity contribution is 6.32. The highest BCUT2D eigenvalue weighted by Crippen LogP contribution is 2.33. The minimum absolute atomic E-state index is 0.560. The van der Waals surface area contributed by atoms with E-state index in [1.165, 1.54) is 19.3 Å². The first-order chi connectivity index (χ1) is 9.10. The summed E-state index contributed by atoms with van der Waals surface area (Å²) >= 11 is 6.22. The van der Waals surface area contributed by atoms with Crippen LogP contribution < -0.4 is 10.1 Å². The van der Waals surface area contributed by atoms with Gasteiger partial charge in [-0.3, -0.25) is 0 Å². The van der Waals surface area contributed by atoms with Crippen molar-refractivity contribution in [2.45, 2.75) is 46.1 Å². The summed E-state index contributed by atoms with van der Waals surface area (Å²) < 4.78 is 5.46. The van der Waals surface area contributed by atoms with Gasteiger partial charge < -0.3 is 10.1 Å². The van der Waals surface area contributed by atoms with Crippen molar-refractivity contribution in [3.63, 3.8) is 0 Å². The molecule has 0 amide bonds. The molecule has 0 aromatic heterocycles. The fourth-order valence-corrected chi connectivity index (χ4v) is 3.19. The summed E-state index contributed by atoms with van der Waals surface area (Å²) in [6.07, 6.45) is 3.86. The van der Waals surface area contributed by atoms with Crippen LogP contribution in [0.2, 0.25) is 5.02 Å². The van der Waals surface area contributed by atoms with Crippen LogP contribution in [0.1, 0.15) is 40.0 Å². The Balaban J connectivity index is 2.01. The normalized spacial score (nSPS) is 27.1. The molecule has 0 heterocycles. The standard InChI is InChI=1S/C16H24ClNO/c1-4-19-16-8-6-13(10-14(16)17)18-15-7-5-11(2)9-12(15)3/h6,8,10-12,15,18H,4-5,7,9H2,1-3H3. The van der Waals surface area contributed by atoms with Crippen LogP contribution in [0.5, 0.6) is 5.75 Å². The highest BCUT2D eigenvalue weighted by Gasteiger charge is 2.25. The lowest BCUT2D eigenvalue weighted by atomic mass is 9.80. The third kappa shape index (κ3) is 3.79. The van der Waals surface area contributed by atoms with Crippen molar-refractivity contribution in [2.75, 3.05) is 11.9 Å². The van der Waals surface area contributed by atoms with Gasteiger partial charge in [0.15, 0.2) is 0 Å². The van der Waals surface area contributed by atoms with Crippen LogP contribution >= 0.6 is 11.6 Å². The number of hydrogen-bond acceptors (Lipinski definition) is 2. The molecule has 0 radical (unpaired) electrons. The maximum Gasteiger partial charge on any atom is 0.138 e. The molecule has 106 valence electrons. The molecule has 0 spiro atoms. The summed E-state index contributed by atoms with van der Waals surface area (Å²) in [5.41, 5.74) is 1.10. The lowest BCUT2D eigenvalue weighted by molar-refractivity contribution is 0.276. The summed E-state index contributed by atoms with van der Waals surface area (Å²) in [6.45, 7) is 7.29. The first-order valence-corrected chi connectivity index (χ1v) is 7.66. The van der Waals surface area contributed by atoms with E-state index in [0.717, 1.165) is 17.4 Å². The van der Waals surface area contributed by atoms with E-state index in [9.17, 15) is 0 Å². The van der Waals surface area contributed by atoms with E-state index < -0.39 is 0 Å². The summed E-state index contributed by atoms with van der Waals surface area (Å²) in [5.74, 6) is 2.34. The number of nitrogens with one attached hydrogen (secondary N) is 1. The summed E-state index contributed by atoms with van der Waals surface area (Å²) in [5, 5.41) is 4.31. The number of halogens is 1. The van der Waals surface area contributed by atoms with E-state index in [0.29, 0.717) is 23.6 Å². The smallest absolute Gasteiger partial charge is 0.138 e. The van der Waals surface area contributed by atoms with Gasteiger partial charge in [0.25, 0.3) is 0 Å². The topological polar surface area (TPSA) is 21.3 Å². The number of hydrogen-bond donors (Lipinski definition) is 1. The SMILES string of the molecule is CCOc1ccc(NC2CCC(C)CC2C)cc1Cl. The van der Waals surface area contributed by atoms with Crippen LogP contribution in [-0.4, -0.2) is 12.6 Å². The number of ether oxygens (including phenoxy) is 1. The molecule has 2 nitrogen and oxygen atoms in total. The van der Waals surface area contributed by atoms with Gasteiger partial charge >= 0.3 is 0 Å². The van der Waals surface area contributed by atoms with Crippen molar-refractivity contribution in [1.29, 1.82) is 0 Å². The first-order valence-electron chi connectivity index (χ1n) is 7.29. The number of anilines is 1. The third-order valence-corrected chi connectivity index (χ3v) is 4.31. The van der Waals surface area contributed by atoms with Gasteiger partial charge in [0.1, 0.15) is 5.75 Å². The molecule has 1 aliphatic carbocycles. The minimum Gasteiger partial charge on any atom is -0.492 e.